The van der Waals surface area contributed by atoms with Crippen LogP contribution in [0.1, 0.15) is 19.3 Å². The average molecular weight is 258 g/mol. The Hall–Kier alpha value is -1.81. The molecule has 2 aromatic rings. The molecule has 4 nitrogen and oxygen atoms in total. The molecule has 0 aliphatic heterocycles. The van der Waals surface area contributed by atoms with Crippen LogP contribution in [0.4, 0.5) is 5.82 Å². The minimum absolute atomic E-state index is 0.0598. The number of fused-ring (bicyclic) bond motifs is 1. The highest BCUT2D eigenvalue weighted by atomic mass is 16.3. The molecule has 0 bridgehead atoms. The van der Waals surface area contributed by atoms with Gasteiger partial charge in [-0.2, -0.15) is 0 Å². The summed E-state index contributed by atoms with van der Waals surface area (Å²) in [5, 5.41) is 10.9. The van der Waals surface area contributed by atoms with Gasteiger partial charge in [0.2, 0.25) is 0 Å². The zero-order chi connectivity index (χ0) is 13.2. The number of rotatable bonds is 4. The molecule has 3 rings (SSSR count). The van der Waals surface area contributed by atoms with Crippen molar-refractivity contribution in [1.82, 2.24) is 4.98 Å². The number of H-pyrrole nitrogens is 1. The van der Waals surface area contributed by atoms with Crippen molar-refractivity contribution in [1.29, 1.82) is 0 Å². The van der Waals surface area contributed by atoms with E-state index in [1.54, 1.807) is 0 Å². The molecule has 0 unspecified atom stereocenters. The molecular formula is C15H18N2O2. The van der Waals surface area contributed by atoms with Crippen molar-refractivity contribution in [2.75, 3.05) is 18.1 Å². The van der Waals surface area contributed by atoms with E-state index in [0.717, 1.165) is 24.0 Å². The summed E-state index contributed by atoms with van der Waals surface area (Å²) < 4.78 is 0. The number of hydrogen-bond donors (Lipinski definition) is 2. The smallest absolute Gasteiger partial charge is 0.257 e. The van der Waals surface area contributed by atoms with Gasteiger partial charge in [-0.25, -0.2) is 0 Å². The maximum absolute atomic E-state index is 12.1. The molecule has 1 saturated carbocycles. The van der Waals surface area contributed by atoms with Gasteiger partial charge in [-0.3, -0.25) is 4.79 Å². The van der Waals surface area contributed by atoms with Gasteiger partial charge in [-0.1, -0.05) is 18.2 Å². The summed E-state index contributed by atoms with van der Waals surface area (Å²) in [6.45, 7) is 0.671. The normalized spacial score (nSPS) is 15.4. The van der Waals surface area contributed by atoms with E-state index in [1.807, 2.05) is 30.3 Å². The van der Waals surface area contributed by atoms with Crippen molar-refractivity contribution < 1.29 is 5.11 Å². The maximum Gasteiger partial charge on any atom is 0.257 e. The number of hydrogen-bond acceptors (Lipinski definition) is 3. The molecule has 100 valence electrons. The standard InChI is InChI=1S/C15H18N2O2/c18-9-8-17(12-5-3-6-12)14-10-11-4-1-2-7-13(11)15(19)16-14/h1-2,4,7,10,12,18H,3,5-6,8-9H2,(H,16,19). The van der Waals surface area contributed by atoms with Gasteiger partial charge in [0.15, 0.2) is 0 Å². The molecule has 1 aliphatic carbocycles. The van der Waals surface area contributed by atoms with Crippen molar-refractivity contribution in [2.45, 2.75) is 25.3 Å². The lowest BCUT2D eigenvalue weighted by Crippen LogP contribution is -2.43. The maximum atomic E-state index is 12.1. The molecule has 1 fully saturated rings. The minimum Gasteiger partial charge on any atom is -0.395 e. The summed E-state index contributed by atoms with van der Waals surface area (Å²) in [4.78, 5) is 17.2. The van der Waals surface area contributed by atoms with E-state index >= 15 is 0 Å². The van der Waals surface area contributed by atoms with Gasteiger partial charge >= 0.3 is 0 Å². The molecule has 0 spiro atoms. The Balaban J connectivity index is 2.05. The second-order valence-corrected chi connectivity index (χ2v) is 5.07. The first kappa shape index (κ1) is 12.2. The molecular weight excluding hydrogens is 240 g/mol. The molecule has 1 aromatic heterocycles. The molecule has 0 saturated heterocycles. The fourth-order valence-electron chi connectivity index (χ4n) is 2.66. The molecule has 1 aliphatic rings. The van der Waals surface area contributed by atoms with Crippen LogP contribution in [0.25, 0.3) is 10.8 Å². The van der Waals surface area contributed by atoms with Crippen molar-refractivity contribution in [3.63, 3.8) is 0 Å². The molecule has 0 atom stereocenters. The Morgan fingerprint density at radius 3 is 2.79 bits per heavy atom. The number of anilines is 1. The van der Waals surface area contributed by atoms with E-state index in [2.05, 4.69) is 9.88 Å². The third-order valence-corrected chi connectivity index (χ3v) is 3.91. The molecule has 19 heavy (non-hydrogen) atoms. The van der Waals surface area contributed by atoms with Gasteiger partial charge in [-0.15, -0.1) is 0 Å². The van der Waals surface area contributed by atoms with Crippen LogP contribution in [0, 0.1) is 0 Å². The van der Waals surface area contributed by atoms with Crippen molar-refractivity contribution in [3.05, 3.63) is 40.7 Å². The van der Waals surface area contributed by atoms with Gasteiger partial charge < -0.3 is 15.0 Å². The Bertz CT molecular complexity index is 631. The van der Waals surface area contributed by atoms with E-state index in [0.29, 0.717) is 18.0 Å². The first-order valence-corrected chi connectivity index (χ1v) is 6.79. The third-order valence-electron chi connectivity index (χ3n) is 3.91. The molecule has 1 aromatic carbocycles. The Labute approximate surface area is 111 Å². The van der Waals surface area contributed by atoms with Crippen LogP contribution in [0.15, 0.2) is 35.1 Å². The van der Waals surface area contributed by atoms with Crippen molar-refractivity contribution >= 4 is 16.6 Å². The number of aromatic nitrogens is 1. The lowest BCUT2D eigenvalue weighted by Gasteiger charge is -2.38. The molecule has 0 amide bonds. The Kier molecular flexibility index (Phi) is 3.25. The number of aliphatic hydroxyl groups is 1. The second-order valence-electron chi connectivity index (χ2n) is 5.07. The summed E-state index contributed by atoms with van der Waals surface area (Å²) in [7, 11) is 0. The molecule has 0 radical (unpaired) electrons. The van der Waals surface area contributed by atoms with E-state index in [9.17, 15) is 9.90 Å². The summed E-state index contributed by atoms with van der Waals surface area (Å²) >= 11 is 0. The number of nitrogens with zero attached hydrogens (tertiary/aromatic N) is 1. The largest absolute Gasteiger partial charge is 0.395 e. The zero-order valence-electron chi connectivity index (χ0n) is 10.8. The summed E-state index contributed by atoms with van der Waals surface area (Å²) in [5.41, 5.74) is -0.0598. The Morgan fingerprint density at radius 1 is 1.32 bits per heavy atom. The van der Waals surface area contributed by atoms with Gasteiger partial charge in [-0.05, 0) is 36.8 Å². The van der Waals surface area contributed by atoms with Crippen LogP contribution in [0.5, 0.6) is 0 Å². The van der Waals surface area contributed by atoms with Crippen LogP contribution in [-0.4, -0.2) is 29.3 Å². The second kappa shape index (κ2) is 5.05. The fourth-order valence-corrected chi connectivity index (χ4v) is 2.66. The third kappa shape index (κ3) is 2.24. The van der Waals surface area contributed by atoms with Gasteiger partial charge in [0.1, 0.15) is 5.82 Å². The average Bonchev–Trinajstić information content (AvgIpc) is 2.36. The van der Waals surface area contributed by atoms with Gasteiger partial charge in [0.25, 0.3) is 5.56 Å². The molecule has 1 heterocycles. The van der Waals surface area contributed by atoms with Crippen LogP contribution >= 0.6 is 0 Å². The monoisotopic (exact) mass is 258 g/mol. The van der Waals surface area contributed by atoms with E-state index in [-0.39, 0.29) is 12.2 Å². The number of pyridine rings is 1. The highest BCUT2D eigenvalue weighted by molar-refractivity contribution is 5.83. The highest BCUT2D eigenvalue weighted by Crippen LogP contribution is 2.28. The molecule has 4 heteroatoms. The SMILES string of the molecule is O=c1[nH]c(N(CCO)C2CCC2)cc2ccccc12. The van der Waals surface area contributed by atoms with E-state index in [1.165, 1.54) is 6.42 Å². The number of aromatic amines is 1. The quantitative estimate of drug-likeness (QED) is 0.880. The number of benzene rings is 1. The van der Waals surface area contributed by atoms with E-state index in [4.69, 9.17) is 0 Å². The summed E-state index contributed by atoms with van der Waals surface area (Å²) in [5.74, 6) is 0.822. The lowest BCUT2D eigenvalue weighted by atomic mass is 9.91. The zero-order valence-corrected chi connectivity index (χ0v) is 10.8. The van der Waals surface area contributed by atoms with Gasteiger partial charge in [0.05, 0.1) is 6.61 Å². The number of nitrogens with one attached hydrogen (secondary N) is 1. The van der Waals surface area contributed by atoms with Gasteiger partial charge in [0, 0.05) is 18.0 Å². The Morgan fingerprint density at radius 2 is 2.11 bits per heavy atom. The van der Waals surface area contributed by atoms with Crippen LogP contribution in [0.2, 0.25) is 0 Å². The van der Waals surface area contributed by atoms with Crippen molar-refractivity contribution in [3.8, 4) is 0 Å². The first-order valence-electron chi connectivity index (χ1n) is 6.79. The summed E-state index contributed by atoms with van der Waals surface area (Å²) in [6, 6.07) is 10.0. The van der Waals surface area contributed by atoms with Crippen LogP contribution in [0.3, 0.4) is 0 Å². The predicted molar refractivity (Wildman–Crippen MR) is 76.6 cm³/mol. The van der Waals surface area contributed by atoms with Crippen LogP contribution in [-0.2, 0) is 0 Å². The lowest BCUT2D eigenvalue weighted by molar-refractivity contribution is 0.283. The first-order chi connectivity index (χ1) is 9.29. The predicted octanol–water partition coefficient (Wildman–Crippen LogP) is 1.88. The van der Waals surface area contributed by atoms with E-state index < -0.39 is 0 Å². The highest BCUT2D eigenvalue weighted by Gasteiger charge is 2.25. The summed E-state index contributed by atoms with van der Waals surface area (Å²) in [6.07, 6.45) is 3.49. The minimum atomic E-state index is -0.0598. The van der Waals surface area contributed by atoms with Crippen LogP contribution < -0.4 is 10.5 Å². The number of aliphatic hydroxyl groups excluding tert-OH is 1. The topological polar surface area (TPSA) is 56.3 Å². The molecule has 2 N–H and O–H groups in total. The van der Waals surface area contributed by atoms with Crippen molar-refractivity contribution in [2.24, 2.45) is 0 Å². The fraction of sp³-hybridized carbons (Fsp3) is 0.400.